The van der Waals surface area contributed by atoms with Gasteiger partial charge in [0.15, 0.2) is 6.29 Å². The maximum absolute atomic E-state index is 12.2. The number of carbonyl (C=O) groups excluding carboxylic acids is 2. The van der Waals surface area contributed by atoms with Crippen LogP contribution in [-0.4, -0.2) is 57.9 Å². The van der Waals surface area contributed by atoms with Gasteiger partial charge >= 0.3 is 0 Å². The summed E-state index contributed by atoms with van der Waals surface area (Å²) in [5.41, 5.74) is 5.28. The van der Waals surface area contributed by atoms with Gasteiger partial charge in [-0.25, -0.2) is 5.48 Å². The average Bonchev–Trinajstić information content (AvgIpc) is 3.10. The number of nitrogens with zero attached hydrogens (tertiary/aromatic N) is 1. The fourth-order valence-corrected chi connectivity index (χ4v) is 6.31. The van der Waals surface area contributed by atoms with Crippen LogP contribution in [0.25, 0.3) is 0 Å². The summed E-state index contributed by atoms with van der Waals surface area (Å²) >= 11 is 6.06. The fourth-order valence-electron chi connectivity index (χ4n) is 6.18. The number of aliphatic hydroxyl groups excluding tert-OH is 1. The molecule has 2 amide bonds. The second kappa shape index (κ2) is 16.7. The maximum atomic E-state index is 12.2. The Labute approximate surface area is 280 Å². The molecule has 2 fully saturated rings. The lowest BCUT2D eigenvalue weighted by Gasteiger charge is -2.42. The zero-order valence-corrected chi connectivity index (χ0v) is 27.2. The number of likely N-dealkylation sites (tertiary alicyclic amines) is 1. The second-order valence-corrected chi connectivity index (χ2v) is 12.9. The molecular weight excluding hydrogens is 622 g/mol. The van der Waals surface area contributed by atoms with Crippen LogP contribution in [0.3, 0.4) is 0 Å². The smallest absolute Gasteiger partial charge is 0.243 e. The van der Waals surface area contributed by atoms with Crippen molar-refractivity contribution in [3.05, 3.63) is 106 Å². The summed E-state index contributed by atoms with van der Waals surface area (Å²) in [5.74, 6) is -0.553. The first-order chi connectivity index (χ1) is 22.7. The second-order valence-electron chi connectivity index (χ2n) is 12.4. The summed E-state index contributed by atoms with van der Waals surface area (Å²) in [6.45, 7) is 2.53. The van der Waals surface area contributed by atoms with Gasteiger partial charge in [0.25, 0.3) is 0 Å². The van der Waals surface area contributed by atoms with Crippen LogP contribution in [0.2, 0.25) is 5.02 Å². The van der Waals surface area contributed by atoms with Crippen LogP contribution in [0.4, 0.5) is 0 Å². The lowest BCUT2D eigenvalue weighted by Crippen LogP contribution is -2.46. The first kappa shape index (κ1) is 35.0. The summed E-state index contributed by atoms with van der Waals surface area (Å²) in [6, 6.07) is 23.1. The molecule has 2 saturated heterocycles. The predicted octanol–water partition coefficient (Wildman–Crippen LogP) is 5.04. The largest absolute Gasteiger partial charge is 0.392 e. The number of aliphatic hydroxyl groups is 2. The van der Waals surface area contributed by atoms with Crippen LogP contribution in [0, 0.1) is 0 Å². The number of piperidine rings is 1. The molecule has 5 N–H and O–H groups in total. The third kappa shape index (κ3) is 9.84. The summed E-state index contributed by atoms with van der Waals surface area (Å²) in [5, 5.41) is 33.0. The minimum absolute atomic E-state index is 0.0202. The molecule has 0 spiro atoms. The molecule has 10 nitrogen and oxygen atoms in total. The number of ether oxygens (including phenoxy) is 2. The van der Waals surface area contributed by atoms with Gasteiger partial charge in [-0.1, -0.05) is 72.3 Å². The number of halogens is 1. The Balaban J connectivity index is 1.19. The van der Waals surface area contributed by atoms with Gasteiger partial charge < -0.3 is 29.9 Å². The Morgan fingerprint density at radius 1 is 0.851 bits per heavy atom. The number of amides is 2. The molecule has 0 aliphatic carbocycles. The number of hydrogen-bond acceptors (Lipinski definition) is 8. The Bertz CT molecular complexity index is 1440. The molecule has 5 rings (SSSR count). The van der Waals surface area contributed by atoms with Crippen molar-refractivity contribution in [2.24, 2.45) is 0 Å². The zero-order chi connectivity index (χ0) is 33.2. The number of unbranched alkanes of at least 4 members (excludes halogenated alkanes) is 1. The molecule has 0 saturated carbocycles. The van der Waals surface area contributed by atoms with E-state index in [1.54, 1.807) is 5.48 Å². The van der Waals surface area contributed by atoms with Crippen molar-refractivity contribution in [2.75, 3.05) is 19.6 Å². The first-order valence-electron chi connectivity index (χ1n) is 16.2. The van der Waals surface area contributed by atoms with Crippen LogP contribution in [0.5, 0.6) is 0 Å². The van der Waals surface area contributed by atoms with E-state index < -0.39 is 17.8 Å². The number of nitrogens with one attached hydrogen (secondary N) is 2. The molecule has 11 heteroatoms. The van der Waals surface area contributed by atoms with Crippen molar-refractivity contribution in [1.82, 2.24) is 15.7 Å². The van der Waals surface area contributed by atoms with Crippen LogP contribution in [0.15, 0.2) is 72.8 Å². The average molecular weight is 666 g/mol. The van der Waals surface area contributed by atoms with Crippen LogP contribution >= 0.6 is 11.6 Å². The van der Waals surface area contributed by atoms with E-state index in [1.165, 1.54) is 0 Å². The number of benzene rings is 3. The summed E-state index contributed by atoms with van der Waals surface area (Å²) in [4.78, 5) is 25.7. The molecule has 2 aliphatic heterocycles. The minimum atomic E-state index is -0.878. The van der Waals surface area contributed by atoms with Gasteiger partial charge in [-0.15, -0.1) is 0 Å². The monoisotopic (exact) mass is 665 g/mol. The van der Waals surface area contributed by atoms with E-state index in [0.717, 1.165) is 40.9 Å². The van der Waals surface area contributed by atoms with E-state index >= 15 is 0 Å². The highest BCUT2D eigenvalue weighted by Gasteiger charge is 2.37. The van der Waals surface area contributed by atoms with Crippen molar-refractivity contribution in [2.45, 2.75) is 82.2 Å². The molecule has 0 radical (unpaired) electrons. The molecule has 0 bridgehead atoms. The van der Waals surface area contributed by atoms with Gasteiger partial charge in [-0.3, -0.25) is 14.8 Å². The Morgan fingerprint density at radius 3 is 2.11 bits per heavy atom. The molecule has 2 aliphatic rings. The molecule has 252 valence electrons. The Morgan fingerprint density at radius 2 is 1.47 bits per heavy atom. The quantitative estimate of drug-likeness (QED) is 0.0972. The van der Waals surface area contributed by atoms with E-state index in [2.05, 4.69) is 10.2 Å². The van der Waals surface area contributed by atoms with E-state index in [9.17, 15) is 19.8 Å². The van der Waals surface area contributed by atoms with E-state index in [-0.39, 0.29) is 31.1 Å². The van der Waals surface area contributed by atoms with Crippen molar-refractivity contribution in [3.63, 3.8) is 0 Å². The topological polar surface area (TPSA) is 141 Å². The molecule has 0 aromatic heterocycles. The van der Waals surface area contributed by atoms with Crippen molar-refractivity contribution in [1.29, 1.82) is 0 Å². The molecular formula is C36H44ClN3O7. The standard InChI is InChI=1S/C36H44ClN3O7/c37-30-15-13-29(14-16-30)36(44)17-19-40(20-18-36)23-31-21-32(27-9-7-26(24-41)8-10-27)47-35(46-31)28-11-5-25(6-12-28)22-38-33(42)3-1-2-4-34(43)39-45/h5-16,31-32,35,41,44-45H,1-4,17-24H2,(H,38,42)(H,39,43)/t31-,32+,35+/m0/s1. The number of hydrogen-bond donors (Lipinski definition) is 5. The lowest BCUT2D eigenvalue weighted by molar-refractivity contribution is -0.253. The van der Waals surface area contributed by atoms with Gasteiger partial charge in [-0.05, 0) is 60.1 Å². The third-order valence-corrected chi connectivity index (χ3v) is 9.32. The van der Waals surface area contributed by atoms with Crippen LogP contribution < -0.4 is 10.8 Å². The highest BCUT2D eigenvalue weighted by Crippen LogP contribution is 2.39. The molecule has 3 atom stereocenters. The molecule has 47 heavy (non-hydrogen) atoms. The summed E-state index contributed by atoms with van der Waals surface area (Å²) in [7, 11) is 0. The van der Waals surface area contributed by atoms with E-state index in [4.69, 9.17) is 26.3 Å². The van der Waals surface area contributed by atoms with Crippen molar-refractivity contribution < 1.29 is 34.5 Å². The number of hydroxylamine groups is 1. The first-order valence-corrected chi connectivity index (χ1v) is 16.6. The minimum Gasteiger partial charge on any atom is -0.392 e. The highest BCUT2D eigenvalue weighted by molar-refractivity contribution is 6.30. The van der Waals surface area contributed by atoms with Crippen LogP contribution in [-0.2, 0) is 37.8 Å². The van der Waals surface area contributed by atoms with Gasteiger partial charge in [0.2, 0.25) is 11.8 Å². The number of rotatable bonds is 13. The highest BCUT2D eigenvalue weighted by atomic mass is 35.5. The normalized spacial score (nSPS) is 21.2. The van der Waals surface area contributed by atoms with E-state index in [0.29, 0.717) is 56.6 Å². The van der Waals surface area contributed by atoms with Crippen molar-refractivity contribution in [3.8, 4) is 0 Å². The molecule has 3 aromatic rings. The number of carbonyl (C=O) groups is 2. The maximum Gasteiger partial charge on any atom is 0.243 e. The Hall–Kier alpha value is -3.35. The molecule has 0 unspecified atom stereocenters. The van der Waals surface area contributed by atoms with Gasteiger partial charge in [0, 0.05) is 56.0 Å². The zero-order valence-electron chi connectivity index (χ0n) is 26.4. The lowest BCUT2D eigenvalue weighted by atomic mass is 9.84. The van der Waals surface area contributed by atoms with E-state index in [1.807, 2.05) is 72.8 Å². The van der Waals surface area contributed by atoms with Gasteiger partial charge in [0.05, 0.1) is 24.4 Å². The van der Waals surface area contributed by atoms with Crippen LogP contribution in [0.1, 0.15) is 85.2 Å². The Kier molecular flexibility index (Phi) is 12.4. The third-order valence-electron chi connectivity index (χ3n) is 9.07. The SMILES string of the molecule is O=C(CCCCC(=O)NCc1ccc([C@@H]2O[C@H](CN3CCC(O)(c4ccc(Cl)cc4)CC3)C[C@H](c3ccc(CO)cc3)O2)cc1)NO. The fraction of sp³-hybridized carbons (Fsp3) is 0.444. The van der Waals surface area contributed by atoms with Gasteiger partial charge in [-0.2, -0.15) is 0 Å². The summed E-state index contributed by atoms with van der Waals surface area (Å²) < 4.78 is 13.0. The molecule has 3 aromatic carbocycles. The summed E-state index contributed by atoms with van der Waals surface area (Å²) in [6.07, 6.45) is 2.56. The van der Waals surface area contributed by atoms with Gasteiger partial charge in [0.1, 0.15) is 0 Å². The predicted molar refractivity (Wildman–Crippen MR) is 176 cm³/mol. The molecule has 2 heterocycles. The van der Waals surface area contributed by atoms with Crippen molar-refractivity contribution >= 4 is 23.4 Å².